The second-order valence-electron chi connectivity index (χ2n) is 6.01. The molecule has 2 aliphatic heterocycles. The van der Waals surface area contributed by atoms with Crippen molar-refractivity contribution in [3.8, 4) is 0 Å². The van der Waals surface area contributed by atoms with E-state index in [9.17, 15) is 10.1 Å². The first-order chi connectivity index (χ1) is 11.2. The summed E-state index contributed by atoms with van der Waals surface area (Å²) < 4.78 is 1.64. The third kappa shape index (κ3) is 7.34. The van der Waals surface area contributed by atoms with Crippen LogP contribution in [0.15, 0.2) is 12.4 Å². The van der Waals surface area contributed by atoms with Crippen molar-refractivity contribution in [1.29, 1.82) is 0 Å². The normalized spacial score (nSPS) is 18.0. The van der Waals surface area contributed by atoms with Gasteiger partial charge in [0.2, 0.25) is 0 Å². The predicted octanol–water partition coefficient (Wildman–Crippen LogP) is 2.63. The number of hydrogen-bond acceptors (Lipinski definition) is 5. The zero-order chi connectivity index (χ0) is 16.5. The van der Waals surface area contributed by atoms with Gasteiger partial charge in [0, 0.05) is 19.0 Å². The van der Waals surface area contributed by atoms with Crippen molar-refractivity contribution in [3.63, 3.8) is 0 Å². The lowest BCUT2D eigenvalue weighted by molar-refractivity contribution is -0.385. The molecule has 0 spiro atoms. The highest BCUT2D eigenvalue weighted by Crippen LogP contribution is 2.10. The molecule has 9 heteroatoms. The highest BCUT2D eigenvalue weighted by molar-refractivity contribution is 6.18. The third-order valence-electron chi connectivity index (χ3n) is 4.27. The summed E-state index contributed by atoms with van der Waals surface area (Å²) in [5, 5.41) is 14.4. The van der Waals surface area contributed by atoms with E-state index in [4.69, 9.17) is 11.6 Å². The molecule has 0 saturated carbocycles. The van der Waals surface area contributed by atoms with Gasteiger partial charge in [-0.1, -0.05) is 0 Å². The second kappa shape index (κ2) is 11.6. The zero-order valence-corrected chi connectivity index (χ0v) is 15.6. The average Bonchev–Trinajstić information content (AvgIpc) is 3.28. The van der Waals surface area contributed by atoms with Crippen LogP contribution in [-0.2, 0) is 6.54 Å². The minimum absolute atomic E-state index is 0. The van der Waals surface area contributed by atoms with Gasteiger partial charge in [-0.3, -0.25) is 14.8 Å². The molecule has 24 heavy (non-hydrogen) atoms. The molecule has 0 aromatic carbocycles. The van der Waals surface area contributed by atoms with Crippen LogP contribution in [0.25, 0.3) is 0 Å². The van der Waals surface area contributed by atoms with Crippen molar-refractivity contribution in [1.82, 2.24) is 19.6 Å². The monoisotopic (exact) mass is 379 g/mol. The van der Waals surface area contributed by atoms with E-state index in [-0.39, 0.29) is 18.1 Å². The van der Waals surface area contributed by atoms with E-state index >= 15 is 0 Å². The van der Waals surface area contributed by atoms with Gasteiger partial charge in [0.1, 0.15) is 12.4 Å². The van der Waals surface area contributed by atoms with E-state index in [0.29, 0.717) is 0 Å². The van der Waals surface area contributed by atoms with Crippen LogP contribution in [0.3, 0.4) is 0 Å². The lowest BCUT2D eigenvalue weighted by Gasteiger charge is -2.13. The number of alkyl halides is 1. The number of rotatable bonds is 6. The molecule has 0 atom stereocenters. The average molecular weight is 380 g/mol. The number of nitro groups is 1. The standard InChI is InChI=1S/C9H14N4O2.C6H12ClN.ClH/c14-13(15)9-7-10-12(8-9)6-5-11-3-1-2-4-11;7-3-6-8-4-1-2-5-8;/h7-8H,1-6H2;1-6H2;1H. The lowest BCUT2D eigenvalue weighted by Crippen LogP contribution is -2.24. The van der Waals surface area contributed by atoms with Crippen molar-refractivity contribution in [2.75, 3.05) is 45.1 Å². The van der Waals surface area contributed by atoms with E-state index in [1.165, 1.54) is 51.2 Å². The highest BCUT2D eigenvalue weighted by Gasteiger charge is 2.13. The molecule has 0 bridgehead atoms. The van der Waals surface area contributed by atoms with Crippen LogP contribution in [0.2, 0.25) is 0 Å². The maximum Gasteiger partial charge on any atom is 0.306 e. The Balaban J connectivity index is 0.000000273. The second-order valence-corrected chi connectivity index (χ2v) is 6.38. The highest BCUT2D eigenvalue weighted by atomic mass is 35.5. The Hall–Kier alpha value is -0.890. The molecule has 2 fully saturated rings. The van der Waals surface area contributed by atoms with E-state index in [0.717, 1.165) is 38.6 Å². The molecule has 0 radical (unpaired) electrons. The molecule has 138 valence electrons. The SMILES string of the molecule is Cl.ClCCN1CCCC1.O=[N+]([O-])c1cnn(CCN2CCCC2)c1. The molecule has 0 unspecified atom stereocenters. The predicted molar refractivity (Wildman–Crippen MR) is 98.2 cm³/mol. The van der Waals surface area contributed by atoms with Crippen LogP contribution in [0.1, 0.15) is 25.7 Å². The number of aromatic nitrogens is 2. The third-order valence-corrected chi connectivity index (χ3v) is 4.44. The molecule has 3 rings (SSSR count). The first-order valence-electron chi connectivity index (χ1n) is 8.36. The Bertz CT molecular complexity index is 474. The number of likely N-dealkylation sites (tertiary alicyclic amines) is 2. The first-order valence-corrected chi connectivity index (χ1v) is 8.90. The van der Waals surface area contributed by atoms with Crippen LogP contribution in [0, 0.1) is 10.1 Å². The molecular formula is C15H27Cl2N5O2. The summed E-state index contributed by atoms with van der Waals surface area (Å²) in [7, 11) is 0. The van der Waals surface area contributed by atoms with E-state index in [1.807, 2.05) is 0 Å². The quantitative estimate of drug-likeness (QED) is 0.431. The van der Waals surface area contributed by atoms with E-state index in [2.05, 4.69) is 14.9 Å². The largest absolute Gasteiger partial charge is 0.306 e. The fourth-order valence-electron chi connectivity index (χ4n) is 2.95. The van der Waals surface area contributed by atoms with Gasteiger partial charge in [-0.05, 0) is 51.9 Å². The minimum atomic E-state index is -0.417. The van der Waals surface area contributed by atoms with Gasteiger partial charge >= 0.3 is 5.69 Å². The molecule has 0 amide bonds. The smallest absolute Gasteiger partial charge is 0.302 e. The molecule has 7 nitrogen and oxygen atoms in total. The summed E-state index contributed by atoms with van der Waals surface area (Å²) in [4.78, 5) is 14.8. The maximum absolute atomic E-state index is 10.4. The Morgan fingerprint density at radius 3 is 2.04 bits per heavy atom. The molecule has 1 aromatic heterocycles. The summed E-state index contributed by atoms with van der Waals surface area (Å²) in [6, 6.07) is 0. The molecular weight excluding hydrogens is 353 g/mol. The summed E-state index contributed by atoms with van der Waals surface area (Å²) in [5.74, 6) is 0.792. The topological polar surface area (TPSA) is 67.4 Å². The van der Waals surface area contributed by atoms with Crippen molar-refractivity contribution in [2.45, 2.75) is 32.2 Å². The van der Waals surface area contributed by atoms with Crippen molar-refractivity contribution in [3.05, 3.63) is 22.5 Å². The lowest BCUT2D eigenvalue weighted by atomic mass is 10.4. The molecule has 2 aliphatic rings. The summed E-state index contributed by atoms with van der Waals surface area (Å²) in [5.41, 5.74) is 0.0661. The summed E-state index contributed by atoms with van der Waals surface area (Å²) in [6.07, 6.45) is 8.05. The van der Waals surface area contributed by atoms with Gasteiger partial charge < -0.3 is 9.80 Å². The molecule has 3 heterocycles. The van der Waals surface area contributed by atoms with Crippen molar-refractivity contribution >= 4 is 29.7 Å². The fraction of sp³-hybridized carbons (Fsp3) is 0.800. The Labute approximate surface area is 154 Å². The van der Waals surface area contributed by atoms with E-state index in [1.54, 1.807) is 4.68 Å². The molecule has 0 aliphatic carbocycles. The van der Waals surface area contributed by atoms with Crippen molar-refractivity contribution in [2.24, 2.45) is 0 Å². The fourth-order valence-corrected chi connectivity index (χ4v) is 3.18. The maximum atomic E-state index is 10.4. The van der Waals surface area contributed by atoms with Gasteiger partial charge in [0.05, 0.1) is 11.5 Å². The Kier molecular flexibility index (Phi) is 10.2. The molecule has 0 N–H and O–H groups in total. The van der Waals surface area contributed by atoms with Crippen LogP contribution in [0.5, 0.6) is 0 Å². The number of nitrogens with zero attached hydrogens (tertiary/aromatic N) is 5. The van der Waals surface area contributed by atoms with Gasteiger partial charge in [-0.25, -0.2) is 0 Å². The van der Waals surface area contributed by atoms with Crippen molar-refractivity contribution < 1.29 is 4.92 Å². The van der Waals surface area contributed by atoms with Gasteiger partial charge in [0.15, 0.2) is 0 Å². The Morgan fingerprint density at radius 1 is 1.04 bits per heavy atom. The minimum Gasteiger partial charge on any atom is -0.302 e. The Morgan fingerprint density at radius 2 is 1.58 bits per heavy atom. The first kappa shape index (κ1) is 21.2. The van der Waals surface area contributed by atoms with Gasteiger partial charge in [0.25, 0.3) is 0 Å². The summed E-state index contributed by atoms with van der Waals surface area (Å²) in [6.45, 7) is 7.57. The van der Waals surface area contributed by atoms with Gasteiger partial charge in [-0.15, -0.1) is 24.0 Å². The van der Waals surface area contributed by atoms with Crippen LogP contribution in [0.4, 0.5) is 5.69 Å². The summed E-state index contributed by atoms with van der Waals surface area (Å²) >= 11 is 5.54. The van der Waals surface area contributed by atoms with Crippen LogP contribution < -0.4 is 0 Å². The number of hydrogen-bond donors (Lipinski definition) is 0. The molecule has 1 aromatic rings. The van der Waals surface area contributed by atoms with Crippen LogP contribution in [-0.4, -0.2) is 69.7 Å². The van der Waals surface area contributed by atoms with Crippen LogP contribution >= 0.6 is 24.0 Å². The molecule has 2 saturated heterocycles. The van der Waals surface area contributed by atoms with Gasteiger partial charge in [-0.2, -0.15) is 5.10 Å². The number of halogens is 2. The van der Waals surface area contributed by atoms with E-state index < -0.39 is 4.92 Å². The zero-order valence-electron chi connectivity index (χ0n) is 14.0.